The third-order valence-corrected chi connectivity index (χ3v) is 6.51. The molecule has 0 aromatic rings. The average molecular weight is 358 g/mol. The van der Waals surface area contributed by atoms with Crippen LogP contribution in [0, 0.1) is 0 Å². The minimum atomic E-state index is -1.81. The van der Waals surface area contributed by atoms with Gasteiger partial charge < -0.3 is 15.9 Å². The molecule has 1 saturated heterocycles. The van der Waals surface area contributed by atoms with Gasteiger partial charge in [-0.25, -0.2) is 4.79 Å². The number of nitrogens with two attached hydrogens (primary N) is 1. The summed E-state index contributed by atoms with van der Waals surface area (Å²) in [6.45, 7) is 1.74. The number of hydrogen-bond acceptors (Lipinski definition) is 6. The van der Waals surface area contributed by atoms with Gasteiger partial charge in [-0.1, -0.05) is 12.8 Å². The number of thioether (sulfide) groups is 1. The molecule has 7 nitrogen and oxygen atoms in total. The Morgan fingerprint density at radius 1 is 1.25 bits per heavy atom. The van der Waals surface area contributed by atoms with E-state index >= 15 is 0 Å². The van der Waals surface area contributed by atoms with Crippen LogP contribution >= 0.6 is 11.8 Å². The van der Waals surface area contributed by atoms with Gasteiger partial charge in [0.25, 0.3) is 0 Å². The molecule has 2 aliphatic rings. The van der Waals surface area contributed by atoms with Crippen molar-refractivity contribution in [3.63, 3.8) is 0 Å². The molecule has 2 fully saturated rings. The minimum Gasteiger partial charge on any atom is -0.480 e. The molecular weight excluding hydrogens is 332 g/mol. The molecule has 3 atom stereocenters. The molecule has 0 aromatic heterocycles. The number of carboxylic acid groups (broad SMARTS) is 2. The smallest absolute Gasteiger partial charge is 0.332 e. The van der Waals surface area contributed by atoms with Crippen molar-refractivity contribution < 1.29 is 24.6 Å². The number of likely N-dealkylation sites (tertiary alicyclic amines) is 1. The summed E-state index contributed by atoms with van der Waals surface area (Å²) in [4.78, 5) is 37.7. The maximum Gasteiger partial charge on any atom is 0.332 e. The largest absolute Gasteiger partial charge is 0.480 e. The van der Waals surface area contributed by atoms with Crippen LogP contribution in [0.4, 0.5) is 0 Å². The van der Waals surface area contributed by atoms with Gasteiger partial charge in [0.2, 0.25) is 0 Å². The molecule has 2 rings (SSSR count). The first-order valence-corrected chi connectivity index (χ1v) is 9.50. The van der Waals surface area contributed by atoms with E-state index in [1.165, 1.54) is 11.8 Å². The van der Waals surface area contributed by atoms with E-state index in [0.29, 0.717) is 17.4 Å². The molecule has 2 unspecified atom stereocenters. The Bertz CT molecular complexity index is 507. The molecule has 4 N–H and O–H groups in total. The first-order chi connectivity index (χ1) is 11.3. The molecule has 136 valence electrons. The van der Waals surface area contributed by atoms with Crippen molar-refractivity contribution in [1.29, 1.82) is 0 Å². The van der Waals surface area contributed by atoms with E-state index in [1.54, 1.807) is 11.8 Å². The highest BCUT2D eigenvalue weighted by molar-refractivity contribution is 8.00. The van der Waals surface area contributed by atoms with Gasteiger partial charge in [-0.05, 0) is 32.6 Å². The van der Waals surface area contributed by atoms with Gasteiger partial charge in [-0.3, -0.25) is 14.5 Å². The first kappa shape index (κ1) is 19.2. The van der Waals surface area contributed by atoms with E-state index in [2.05, 4.69) is 0 Å². The predicted molar refractivity (Wildman–Crippen MR) is 91.1 cm³/mol. The number of ketones is 1. The lowest BCUT2D eigenvalue weighted by atomic mass is 9.86. The van der Waals surface area contributed by atoms with Crippen molar-refractivity contribution in [2.45, 2.75) is 68.3 Å². The lowest BCUT2D eigenvalue weighted by Gasteiger charge is -2.38. The number of aliphatic carboxylic acids is 2. The Morgan fingerprint density at radius 3 is 2.38 bits per heavy atom. The molecule has 0 bridgehead atoms. The number of Topliss-reactive ketones (excluding diaryl/α,β-unsaturated/α-hetero) is 1. The van der Waals surface area contributed by atoms with E-state index in [0.717, 1.165) is 25.7 Å². The van der Waals surface area contributed by atoms with Crippen molar-refractivity contribution in [3.8, 4) is 0 Å². The third-order valence-electron chi connectivity index (χ3n) is 5.06. The summed E-state index contributed by atoms with van der Waals surface area (Å²) < 4.78 is 0. The standard InChI is InChI=1S/C16H26N2O5S/c1-10(17)13(19)16(15(22)23)7-4-8-18(16)12(14(20)21)9-24-11-5-2-3-6-11/h10-12H,2-9,17H2,1H3,(H,20,21)(H,22,23)/t10?,12-,16?/m0/s1. The normalized spacial score (nSPS) is 27.9. The summed E-state index contributed by atoms with van der Waals surface area (Å²) in [5.74, 6) is -2.68. The lowest BCUT2D eigenvalue weighted by Crippen LogP contribution is -2.64. The van der Waals surface area contributed by atoms with E-state index < -0.39 is 35.3 Å². The SMILES string of the molecule is CC(N)C(=O)C1(C(=O)O)CCCN1[C@@H](CSC1CCCC1)C(=O)O. The topological polar surface area (TPSA) is 121 Å². The Balaban J connectivity index is 2.23. The number of rotatable bonds is 8. The van der Waals surface area contributed by atoms with Crippen LogP contribution in [-0.2, 0) is 14.4 Å². The van der Waals surface area contributed by atoms with Crippen LogP contribution in [0.1, 0.15) is 45.4 Å². The highest BCUT2D eigenvalue weighted by Crippen LogP contribution is 2.36. The average Bonchev–Trinajstić information content (AvgIpc) is 3.16. The van der Waals surface area contributed by atoms with Crippen LogP contribution in [0.5, 0.6) is 0 Å². The van der Waals surface area contributed by atoms with E-state index in [4.69, 9.17) is 5.73 Å². The summed E-state index contributed by atoms with van der Waals surface area (Å²) in [6, 6.07) is -1.93. The van der Waals surface area contributed by atoms with Crippen molar-refractivity contribution in [2.75, 3.05) is 12.3 Å². The molecule has 0 aromatic carbocycles. The fourth-order valence-corrected chi connectivity index (χ4v) is 5.26. The van der Waals surface area contributed by atoms with Crippen molar-refractivity contribution in [2.24, 2.45) is 5.73 Å². The van der Waals surface area contributed by atoms with Crippen LogP contribution in [0.2, 0.25) is 0 Å². The second kappa shape index (κ2) is 7.84. The van der Waals surface area contributed by atoms with Gasteiger partial charge in [-0.15, -0.1) is 0 Å². The third kappa shape index (κ3) is 3.60. The van der Waals surface area contributed by atoms with E-state index in [9.17, 15) is 24.6 Å². The molecule has 1 heterocycles. The van der Waals surface area contributed by atoms with Crippen molar-refractivity contribution >= 4 is 29.5 Å². The van der Waals surface area contributed by atoms with Crippen LogP contribution < -0.4 is 5.73 Å². The quantitative estimate of drug-likeness (QED) is 0.548. The molecule has 1 aliphatic carbocycles. The lowest BCUT2D eigenvalue weighted by molar-refractivity contribution is -0.160. The second-order valence-corrected chi connectivity index (χ2v) is 8.04. The molecular formula is C16H26N2O5S. The van der Waals surface area contributed by atoms with Gasteiger partial charge in [0.05, 0.1) is 6.04 Å². The summed E-state index contributed by atoms with van der Waals surface area (Å²) in [5, 5.41) is 19.8. The van der Waals surface area contributed by atoms with Crippen LogP contribution in [0.15, 0.2) is 0 Å². The Labute approximate surface area is 145 Å². The summed E-state index contributed by atoms with van der Waals surface area (Å²) >= 11 is 1.58. The molecule has 0 spiro atoms. The molecule has 0 radical (unpaired) electrons. The van der Waals surface area contributed by atoms with Gasteiger partial charge >= 0.3 is 11.9 Å². The number of carbonyl (C=O) groups excluding carboxylic acids is 1. The summed E-state index contributed by atoms with van der Waals surface area (Å²) in [7, 11) is 0. The Morgan fingerprint density at radius 2 is 1.88 bits per heavy atom. The molecule has 1 aliphatic heterocycles. The highest BCUT2D eigenvalue weighted by Gasteiger charge is 2.57. The summed E-state index contributed by atoms with van der Waals surface area (Å²) in [5.41, 5.74) is 3.85. The monoisotopic (exact) mass is 358 g/mol. The number of nitrogens with zero attached hydrogens (tertiary/aromatic N) is 1. The molecule has 24 heavy (non-hydrogen) atoms. The van der Waals surface area contributed by atoms with E-state index in [-0.39, 0.29) is 13.0 Å². The number of carboxylic acids is 2. The van der Waals surface area contributed by atoms with Gasteiger partial charge in [0.1, 0.15) is 6.04 Å². The van der Waals surface area contributed by atoms with Crippen LogP contribution in [0.25, 0.3) is 0 Å². The molecule has 1 saturated carbocycles. The molecule has 8 heteroatoms. The maximum atomic E-state index is 12.6. The first-order valence-electron chi connectivity index (χ1n) is 8.45. The van der Waals surface area contributed by atoms with Gasteiger partial charge in [0.15, 0.2) is 11.3 Å². The van der Waals surface area contributed by atoms with Gasteiger partial charge in [-0.2, -0.15) is 11.8 Å². The van der Waals surface area contributed by atoms with Crippen molar-refractivity contribution in [3.05, 3.63) is 0 Å². The molecule has 0 amide bonds. The number of carbonyl (C=O) groups is 3. The zero-order chi connectivity index (χ0) is 17.9. The minimum absolute atomic E-state index is 0.112. The zero-order valence-electron chi connectivity index (χ0n) is 13.9. The van der Waals surface area contributed by atoms with Crippen LogP contribution in [0.3, 0.4) is 0 Å². The van der Waals surface area contributed by atoms with E-state index in [1.807, 2.05) is 0 Å². The Kier molecular flexibility index (Phi) is 6.28. The second-order valence-electron chi connectivity index (χ2n) is 6.71. The van der Waals surface area contributed by atoms with Crippen LogP contribution in [-0.4, -0.2) is 68.0 Å². The van der Waals surface area contributed by atoms with Crippen molar-refractivity contribution in [1.82, 2.24) is 4.90 Å². The maximum absolute atomic E-state index is 12.6. The number of hydrogen-bond donors (Lipinski definition) is 3. The highest BCUT2D eigenvalue weighted by atomic mass is 32.2. The zero-order valence-corrected chi connectivity index (χ0v) is 14.8. The van der Waals surface area contributed by atoms with Gasteiger partial charge in [0, 0.05) is 17.5 Å². The fraction of sp³-hybridized carbons (Fsp3) is 0.812. The fourth-order valence-electron chi connectivity index (χ4n) is 3.81. The predicted octanol–water partition coefficient (Wildman–Crippen LogP) is 0.951. The Hall–Kier alpha value is -1.12. The summed E-state index contributed by atoms with van der Waals surface area (Å²) in [6.07, 6.45) is 5.03.